The molecule has 118 valence electrons. The van der Waals surface area contributed by atoms with Crippen molar-refractivity contribution in [2.75, 3.05) is 0 Å². The van der Waals surface area contributed by atoms with Gasteiger partial charge >= 0.3 is 5.66 Å². The van der Waals surface area contributed by atoms with Gasteiger partial charge in [-0.2, -0.15) is 10.5 Å². The molecule has 2 aromatic heterocycles. The van der Waals surface area contributed by atoms with Gasteiger partial charge in [0.2, 0.25) is 0 Å². The van der Waals surface area contributed by atoms with Crippen LogP contribution in [0.15, 0.2) is 55.6 Å². The van der Waals surface area contributed by atoms with Crippen LogP contribution in [0.1, 0.15) is 25.4 Å². The van der Waals surface area contributed by atoms with Gasteiger partial charge in [-0.1, -0.05) is 13.8 Å². The summed E-state index contributed by atoms with van der Waals surface area (Å²) in [5, 5.41) is 19.2. The molecule has 0 amide bonds. The van der Waals surface area contributed by atoms with Crippen LogP contribution in [0.5, 0.6) is 0 Å². The summed E-state index contributed by atoms with van der Waals surface area (Å²) in [6, 6.07) is 11.0. The summed E-state index contributed by atoms with van der Waals surface area (Å²) in [5.74, 6) is 1.16. The first-order valence-electron chi connectivity index (χ1n) is 7.62. The van der Waals surface area contributed by atoms with Crippen LogP contribution in [0.25, 0.3) is 0 Å². The Bertz CT molecular complexity index is 845. The third-order valence-electron chi connectivity index (χ3n) is 4.84. The Kier molecular flexibility index (Phi) is 2.83. The van der Waals surface area contributed by atoms with Crippen LogP contribution in [0.3, 0.4) is 0 Å². The summed E-state index contributed by atoms with van der Waals surface area (Å²) in [5.41, 5.74) is -0.714. The van der Waals surface area contributed by atoms with Gasteiger partial charge in [-0.25, -0.2) is 9.98 Å². The minimum Gasteiger partial charge on any atom is -0.463 e. The van der Waals surface area contributed by atoms with Gasteiger partial charge in [0, 0.05) is 11.8 Å². The van der Waals surface area contributed by atoms with Gasteiger partial charge in [0.1, 0.15) is 23.7 Å². The van der Waals surface area contributed by atoms with Crippen molar-refractivity contribution in [3.05, 3.63) is 48.3 Å². The summed E-state index contributed by atoms with van der Waals surface area (Å²) >= 11 is 0. The highest BCUT2D eigenvalue weighted by Gasteiger charge is 2.65. The first-order valence-corrected chi connectivity index (χ1v) is 7.62. The van der Waals surface area contributed by atoms with Crippen LogP contribution < -0.4 is 0 Å². The van der Waals surface area contributed by atoms with E-state index in [1.807, 2.05) is 12.1 Å². The maximum Gasteiger partial charge on any atom is 0.326 e. The van der Waals surface area contributed by atoms with E-state index in [0.717, 1.165) is 0 Å². The molecular formula is C18H14N4O2. The Hall–Kier alpha value is -3.12. The van der Waals surface area contributed by atoms with E-state index in [9.17, 15) is 10.5 Å². The average Bonchev–Trinajstić information content (AvgIpc) is 3.07. The van der Waals surface area contributed by atoms with E-state index in [1.165, 1.54) is 0 Å². The molecule has 6 nitrogen and oxygen atoms in total. The minimum absolute atomic E-state index is 0.0103. The molecule has 2 atom stereocenters. The number of nitrogens with zero attached hydrogens (tertiary/aromatic N) is 4. The molecule has 4 rings (SSSR count). The van der Waals surface area contributed by atoms with Gasteiger partial charge in [0.15, 0.2) is 0 Å². The third-order valence-corrected chi connectivity index (χ3v) is 4.84. The number of nitriles is 2. The predicted octanol–water partition coefficient (Wildman–Crippen LogP) is 3.18. The quantitative estimate of drug-likeness (QED) is 0.849. The van der Waals surface area contributed by atoms with Crippen molar-refractivity contribution in [3.63, 3.8) is 0 Å². The summed E-state index contributed by atoms with van der Waals surface area (Å²) in [6.45, 7) is 4.23. The van der Waals surface area contributed by atoms with Gasteiger partial charge in [-0.05, 0) is 29.7 Å². The zero-order chi connectivity index (χ0) is 16.9. The second-order valence-corrected chi connectivity index (χ2v) is 6.62. The molecule has 0 unspecified atom stereocenters. The van der Waals surface area contributed by atoms with Crippen LogP contribution in [-0.4, -0.2) is 17.1 Å². The van der Waals surface area contributed by atoms with E-state index in [0.29, 0.717) is 22.9 Å². The Morgan fingerprint density at radius 1 is 0.917 bits per heavy atom. The number of hydrogen-bond donors (Lipinski definition) is 0. The number of hydrogen-bond acceptors (Lipinski definition) is 6. The molecule has 24 heavy (non-hydrogen) atoms. The molecule has 1 fully saturated rings. The molecule has 0 bridgehead atoms. The summed E-state index contributed by atoms with van der Waals surface area (Å²) in [6.07, 6.45) is 3.11. The number of aliphatic imine (C=N–C) groups is 2. The van der Waals surface area contributed by atoms with Crippen LogP contribution >= 0.6 is 0 Å². The second-order valence-electron chi connectivity index (χ2n) is 6.62. The second kappa shape index (κ2) is 4.69. The molecule has 6 heteroatoms. The van der Waals surface area contributed by atoms with Crippen LogP contribution in [0.4, 0.5) is 0 Å². The van der Waals surface area contributed by atoms with Crippen LogP contribution in [0, 0.1) is 39.9 Å². The lowest BCUT2D eigenvalue weighted by molar-refractivity contribution is 0.537. The fraction of sp³-hybridized carbons (Fsp3) is 0.333. The third kappa shape index (κ3) is 1.87. The SMILES string of the molecule is CC1(C)[C@@H]2C(c3ccco3)=NC(C#N)(C#N)N=C(c3ccco3)[C@@H]21. The molecule has 1 saturated carbocycles. The Morgan fingerprint density at radius 3 is 1.71 bits per heavy atom. The van der Waals surface area contributed by atoms with Crippen molar-refractivity contribution in [2.24, 2.45) is 27.2 Å². The topological polar surface area (TPSA) is 98.6 Å². The fourth-order valence-electron chi connectivity index (χ4n) is 3.56. The fourth-order valence-corrected chi connectivity index (χ4v) is 3.56. The van der Waals surface area contributed by atoms with Gasteiger partial charge in [0.25, 0.3) is 0 Å². The van der Waals surface area contributed by atoms with Crippen molar-refractivity contribution < 1.29 is 8.83 Å². The molecule has 0 N–H and O–H groups in total. The Morgan fingerprint density at radius 2 is 1.38 bits per heavy atom. The first kappa shape index (κ1) is 14.5. The molecule has 3 heterocycles. The van der Waals surface area contributed by atoms with Crippen LogP contribution in [0.2, 0.25) is 0 Å². The maximum absolute atomic E-state index is 9.58. The van der Waals surface area contributed by atoms with Crippen molar-refractivity contribution in [3.8, 4) is 12.1 Å². The minimum atomic E-state index is -1.83. The molecule has 2 aromatic rings. The highest BCUT2D eigenvalue weighted by Crippen LogP contribution is 2.62. The standard InChI is InChI=1S/C18H14N4O2/c1-17(2)13-14(17)16(12-6-4-8-24-12)22-18(9-19,10-20)21-15(13)11-5-3-7-23-11/h3-8,13-14H,1-2H3/t13-,14+. The normalized spacial score (nSPS) is 26.2. The molecule has 0 spiro atoms. The van der Waals surface area contributed by atoms with Gasteiger partial charge in [0.05, 0.1) is 23.9 Å². The summed E-state index contributed by atoms with van der Waals surface area (Å²) < 4.78 is 11.0. The van der Waals surface area contributed by atoms with Crippen molar-refractivity contribution in [2.45, 2.75) is 19.5 Å². The van der Waals surface area contributed by atoms with Gasteiger partial charge in [-0.15, -0.1) is 0 Å². The largest absolute Gasteiger partial charge is 0.463 e. The van der Waals surface area contributed by atoms with E-state index >= 15 is 0 Å². The molecule has 0 aromatic carbocycles. The van der Waals surface area contributed by atoms with Crippen molar-refractivity contribution in [1.82, 2.24) is 0 Å². The number of furan rings is 2. The number of rotatable bonds is 2. The molecule has 1 aliphatic carbocycles. The van der Waals surface area contributed by atoms with E-state index in [4.69, 9.17) is 8.83 Å². The lowest BCUT2D eigenvalue weighted by Crippen LogP contribution is -2.24. The highest BCUT2D eigenvalue weighted by atomic mass is 16.3. The first-order chi connectivity index (χ1) is 11.5. The Balaban J connectivity index is 1.94. The molecular weight excluding hydrogens is 304 g/mol. The predicted molar refractivity (Wildman–Crippen MR) is 85.2 cm³/mol. The average molecular weight is 318 g/mol. The van der Waals surface area contributed by atoms with E-state index in [-0.39, 0.29) is 17.3 Å². The van der Waals surface area contributed by atoms with E-state index < -0.39 is 5.66 Å². The molecule has 1 aliphatic heterocycles. The zero-order valence-corrected chi connectivity index (χ0v) is 13.2. The maximum atomic E-state index is 9.58. The lowest BCUT2D eigenvalue weighted by atomic mass is 10.0. The van der Waals surface area contributed by atoms with Crippen LogP contribution in [-0.2, 0) is 0 Å². The highest BCUT2D eigenvalue weighted by molar-refractivity contribution is 6.13. The Labute approximate surface area is 138 Å². The van der Waals surface area contributed by atoms with Crippen molar-refractivity contribution >= 4 is 11.4 Å². The smallest absolute Gasteiger partial charge is 0.326 e. The van der Waals surface area contributed by atoms with E-state index in [2.05, 4.69) is 23.8 Å². The van der Waals surface area contributed by atoms with Gasteiger partial charge < -0.3 is 8.83 Å². The number of fused-ring (bicyclic) bond motifs is 1. The van der Waals surface area contributed by atoms with Gasteiger partial charge in [-0.3, -0.25) is 0 Å². The lowest BCUT2D eigenvalue weighted by Gasteiger charge is -2.14. The molecule has 0 radical (unpaired) electrons. The monoisotopic (exact) mass is 318 g/mol. The summed E-state index contributed by atoms with van der Waals surface area (Å²) in [7, 11) is 0. The molecule has 2 aliphatic rings. The summed E-state index contributed by atoms with van der Waals surface area (Å²) in [4.78, 5) is 8.87. The molecule has 0 saturated heterocycles. The van der Waals surface area contributed by atoms with Crippen molar-refractivity contribution in [1.29, 1.82) is 10.5 Å². The van der Waals surface area contributed by atoms with E-state index in [1.54, 1.807) is 36.8 Å². The zero-order valence-electron chi connectivity index (χ0n) is 13.2.